The number of imide groups is 1. The fourth-order valence-electron chi connectivity index (χ4n) is 2.62. The van der Waals surface area contributed by atoms with Crippen LogP contribution < -0.4 is 21.1 Å². The van der Waals surface area contributed by atoms with Crippen LogP contribution in [0.3, 0.4) is 0 Å². The molecule has 1 aliphatic carbocycles. The van der Waals surface area contributed by atoms with E-state index in [-0.39, 0.29) is 5.91 Å². The van der Waals surface area contributed by atoms with E-state index >= 15 is 0 Å². The van der Waals surface area contributed by atoms with Gasteiger partial charge in [0.15, 0.2) is 5.54 Å². The van der Waals surface area contributed by atoms with Crippen molar-refractivity contribution < 1.29 is 9.59 Å². The molecule has 4 rings (SSSR count). The second-order valence-electron chi connectivity index (χ2n) is 4.74. The highest BCUT2D eigenvalue weighted by Gasteiger charge is 2.43. The van der Waals surface area contributed by atoms with Gasteiger partial charge >= 0.3 is 6.03 Å². The molecule has 2 N–H and O–H groups in total. The molecule has 0 bridgehead atoms. The maximum Gasteiger partial charge on any atom is 0.322 e. The van der Waals surface area contributed by atoms with Gasteiger partial charge in [-0.05, 0) is 40.8 Å². The second-order valence-corrected chi connectivity index (χ2v) is 4.74. The fraction of sp³-hybridized carbons (Fsp3) is 0.0714. The molecule has 5 heteroatoms. The highest BCUT2D eigenvalue weighted by atomic mass is 16.2. The summed E-state index contributed by atoms with van der Waals surface area (Å²) in [6, 6.07) is 7.27. The van der Waals surface area contributed by atoms with E-state index in [9.17, 15) is 9.59 Å². The number of benzene rings is 1. The number of carbonyl (C=O) groups excluding carboxylic acids is 2. The van der Waals surface area contributed by atoms with Crippen molar-refractivity contribution in [2.45, 2.75) is 5.54 Å². The first-order valence-electron chi connectivity index (χ1n) is 5.90. The van der Waals surface area contributed by atoms with E-state index in [2.05, 4.69) is 15.6 Å². The second kappa shape index (κ2) is 3.20. The molecule has 2 aliphatic rings. The Bertz CT molecular complexity index is 815. The van der Waals surface area contributed by atoms with Crippen molar-refractivity contribution in [3.05, 3.63) is 40.9 Å². The van der Waals surface area contributed by atoms with Gasteiger partial charge in [0.1, 0.15) is 0 Å². The number of amides is 3. The Balaban J connectivity index is 2.03. The van der Waals surface area contributed by atoms with Crippen molar-refractivity contribution in [1.29, 1.82) is 0 Å². The van der Waals surface area contributed by atoms with Gasteiger partial charge in [-0.25, -0.2) is 4.79 Å². The fourth-order valence-corrected chi connectivity index (χ4v) is 2.62. The zero-order valence-electron chi connectivity index (χ0n) is 9.81. The average molecular weight is 251 g/mol. The normalized spacial score (nSPS) is 23.8. The number of hydrogen-bond acceptors (Lipinski definition) is 3. The Labute approximate surface area is 107 Å². The maximum absolute atomic E-state index is 11.9. The summed E-state index contributed by atoms with van der Waals surface area (Å²) in [5.74, 6) is -0.342. The lowest BCUT2D eigenvalue weighted by molar-refractivity contribution is -0.120. The summed E-state index contributed by atoms with van der Waals surface area (Å²) >= 11 is 0. The van der Waals surface area contributed by atoms with E-state index in [0.717, 1.165) is 21.3 Å². The SMILES string of the molecule is O=C1NC(=O)C2(C=c3cc4cccnc4cc3=C2)N1. The van der Waals surface area contributed by atoms with Crippen molar-refractivity contribution >= 4 is 35.0 Å². The van der Waals surface area contributed by atoms with Gasteiger partial charge in [-0.1, -0.05) is 6.07 Å². The molecule has 5 nitrogen and oxygen atoms in total. The van der Waals surface area contributed by atoms with Crippen molar-refractivity contribution in [3.8, 4) is 0 Å². The number of rotatable bonds is 0. The number of aromatic nitrogens is 1. The molecule has 1 atom stereocenters. The minimum absolute atomic E-state index is 0.342. The van der Waals surface area contributed by atoms with Crippen LogP contribution in [0.25, 0.3) is 23.1 Å². The zero-order chi connectivity index (χ0) is 13.0. The summed E-state index contributed by atoms with van der Waals surface area (Å²) in [5.41, 5.74) is -0.177. The smallest absolute Gasteiger partial charge is 0.317 e. The quantitative estimate of drug-likeness (QED) is 0.613. The minimum Gasteiger partial charge on any atom is -0.317 e. The molecule has 19 heavy (non-hydrogen) atoms. The summed E-state index contributed by atoms with van der Waals surface area (Å²) in [6.07, 6.45) is 5.26. The standard InChI is InChI=1S/C14H9N3O2/c18-12-14(17-13(19)16-12)6-9-4-8-2-1-3-15-11(8)5-10(9)7-14/h1-7H,(H2,16,17,18,19). The number of nitrogens with zero attached hydrogens (tertiary/aromatic N) is 1. The highest BCUT2D eigenvalue weighted by molar-refractivity contribution is 6.16. The van der Waals surface area contributed by atoms with Crippen LogP contribution in [0.15, 0.2) is 30.5 Å². The van der Waals surface area contributed by atoms with Crippen LogP contribution in [0.1, 0.15) is 0 Å². The van der Waals surface area contributed by atoms with Crippen molar-refractivity contribution in [2.75, 3.05) is 0 Å². The molecule has 1 spiro atoms. The lowest BCUT2D eigenvalue weighted by atomic mass is 10.0. The summed E-state index contributed by atoms with van der Waals surface area (Å²) in [7, 11) is 0. The summed E-state index contributed by atoms with van der Waals surface area (Å²) in [5, 5.41) is 7.75. The van der Waals surface area contributed by atoms with E-state index < -0.39 is 11.6 Å². The van der Waals surface area contributed by atoms with Crippen LogP contribution in [0.4, 0.5) is 4.79 Å². The predicted molar refractivity (Wildman–Crippen MR) is 69.3 cm³/mol. The minimum atomic E-state index is -1.04. The number of fused-ring (bicyclic) bond motifs is 2. The summed E-state index contributed by atoms with van der Waals surface area (Å²) in [6.45, 7) is 0. The maximum atomic E-state index is 11.9. The first-order valence-corrected chi connectivity index (χ1v) is 5.90. The van der Waals surface area contributed by atoms with E-state index in [1.807, 2.05) is 24.3 Å². The van der Waals surface area contributed by atoms with Crippen LogP contribution in [0, 0.1) is 0 Å². The molecule has 2 heterocycles. The molecule has 1 unspecified atom stereocenters. The van der Waals surface area contributed by atoms with Gasteiger partial charge in [-0.15, -0.1) is 0 Å². The van der Waals surface area contributed by atoms with E-state index in [0.29, 0.717) is 0 Å². The third-order valence-electron chi connectivity index (χ3n) is 3.50. The lowest BCUT2D eigenvalue weighted by Gasteiger charge is -2.13. The number of nitrogens with one attached hydrogen (secondary N) is 2. The monoisotopic (exact) mass is 251 g/mol. The van der Waals surface area contributed by atoms with Crippen molar-refractivity contribution in [2.24, 2.45) is 0 Å². The Morgan fingerprint density at radius 1 is 1.11 bits per heavy atom. The molecule has 3 amide bonds. The molecular weight excluding hydrogens is 242 g/mol. The topological polar surface area (TPSA) is 71.1 Å². The summed E-state index contributed by atoms with van der Waals surface area (Å²) < 4.78 is 0. The Hall–Kier alpha value is -2.69. The predicted octanol–water partition coefficient (Wildman–Crippen LogP) is -0.612. The van der Waals surface area contributed by atoms with Gasteiger partial charge in [0.2, 0.25) is 0 Å². The van der Waals surface area contributed by atoms with Crippen LogP contribution in [0.2, 0.25) is 0 Å². The number of carbonyl (C=O) groups is 2. The van der Waals surface area contributed by atoms with Gasteiger partial charge in [0.05, 0.1) is 5.52 Å². The number of hydrogen-bond donors (Lipinski definition) is 2. The van der Waals surface area contributed by atoms with E-state index in [1.165, 1.54) is 0 Å². The molecule has 92 valence electrons. The molecule has 1 fully saturated rings. The van der Waals surface area contributed by atoms with Gasteiger partial charge in [-0.3, -0.25) is 15.1 Å². The highest BCUT2D eigenvalue weighted by Crippen LogP contribution is 2.17. The third kappa shape index (κ3) is 1.32. The van der Waals surface area contributed by atoms with Crippen LogP contribution in [0.5, 0.6) is 0 Å². The molecule has 0 saturated carbocycles. The number of pyridine rings is 1. The van der Waals surface area contributed by atoms with Crippen molar-refractivity contribution in [3.63, 3.8) is 0 Å². The van der Waals surface area contributed by atoms with Gasteiger partial charge < -0.3 is 5.32 Å². The van der Waals surface area contributed by atoms with Crippen LogP contribution in [-0.4, -0.2) is 22.5 Å². The average Bonchev–Trinajstić information content (AvgIpc) is 2.86. The Kier molecular flexibility index (Phi) is 1.73. The van der Waals surface area contributed by atoms with E-state index in [4.69, 9.17) is 0 Å². The Morgan fingerprint density at radius 3 is 2.63 bits per heavy atom. The first-order chi connectivity index (χ1) is 9.16. The van der Waals surface area contributed by atoms with Gasteiger partial charge in [0.25, 0.3) is 5.91 Å². The molecule has 1 saturated heterocycles. The van der Waals surface area contributed by atoms with E-state index in [1.54, 1.807) is 18.3 Å². The molecule has 1 aromatic heterocycles. The molecule has 1 aromatic carbocycles. The largest absolute Gasteiger partial charge is 0.322 e. The van der Waals surface area contributed by atoms with Gasteiger partial charge in [0, 0.05) is 11.6 Å². The van der Waals surface area contributed by atoms with Crippen LogP contribution >= 0.6 is 0 Å². The van der Waals surface area contributed by atoms with Gasteiger partial charge in [-0.2, -0.15) is 0 Å². The zero-order valence-corrected chi connectivity index (χ0v) is 9.81. The molecular formula is C14H9N3O2. The molecule has 1 aliphatic heterocycles. The lowest BCUT2D eigenvalue weighted by Crippen LogP contribution is -2.41. The summed E-state index contributed by atoms with van der Waals surface area (Å²) in [4.78, 5) is 27.5. The third-order valence-corrected chi connectivity index (χ3v) is 3.50. The first kappa shape index (κ1) is 10.3. The Morgan fingerprint density at radius 2 is 1.89 bits per heavy atom. The number of urea groups is 1. The van der Waals surface area contributed by atoms with Crippen LogP contribution in [-0.2, 0) is 4.79 Å². The molecule has 0 radical (unpaired) electrons. The molecule has 2 aromatic rings. The van der Waals surface area contributed by atoms with Crippen molar-refractivity contribution in [1.82, 2.24) is 15.6 Å².